The van der Waals surface area contributed by atoms with Crippen molar-refractivity contribution in [2.24, 2.45) is 0 Å². The maximum atomic E-state index is 5.51. The number of hydrogen-bond donors (Lipinski definition) is 0. The summed E-state index contributed by atoms with van der Waals surface area (Å²) in [7, 11) is 0. The Kier molecular flexibility index (Phi) is 19.5. The minimum atomic E-state index is -0.0976. The van der Waals surface area contributed by atoms with Gasteiger partial charge in [0.25, 0.3) is 0 Å². The average Bonchev–Trinajstić information content (AvgIpc) is 1.55. The SMILES string of the molecule is CC1(C)c2ccccc2-c2c1ccc1cccc(-c3ccccc3-c3nc4ccc5ccccc5c4nc3-c3ccccc3)c21.CC1(C)c2ccccc2-c2c1ccc1cccc(-c3ccccc3-c3nc4ccccc4nc3-c3cccc4c5ccccc5n(-c5ccccc5)c34)c21.CC1(C)c2ccccc2-c2c1ccc1cccc(-c3ccccc3-c3nc4ccccc4nc3-c3ccccc3)c21. The van der Waals surface area contributed by atoms with E-state index in [9.17, 15) is 0 Å². The summed E-state index contributed by atoms with van der Waals surface area (Å²) >= 11 is 0. The van der Waals surface area contributed by atoms with Gasteiger partial charge in [0.2, 0.25) is 0 Å². The normalized spacial score (nSPS) is 13.2. The highest BCUT2D eigenvalue weighted by molar-refractivity contribution is 6.19. The third kappa shape index (κ3) is 13.2. The molecule has 0 saturated heterocycles. The van der Waals surface area contributed by atoms with Crippen molar-refractivity contribution in [1.29, 1.82) is 0 Å². The number of para-hydroxylation sites is 7. The summed E-state index contributed by atoms with van der Waals surface area (Å²) in [5.41, 5.74) is 43.6. The van der Waals surface area contributed by atoms with Gasteiger partial charge in [-0.2, -0.15) is 0 Å². The van der Waals surface area contributed by atoms with Gasteiger partial charge in [-0.3, -0.25) is 0 Å². The van der Waals surface area contributed by atoms with Gasteiger partial charge in [0.15, 0.2) is 0 Å². The Balaban J connectivity index is 0.000000109. The van der Waals surface area contributed by atoms with Crippen LogP contribution in [0.3, 0.4) is 0 Å². The summed E-state index contributed by atoms with van der Waals surface area (Å²) in [6.45, 7) is 14.1. The second-order valence-corrected chi connectivity index (χ2v) is 38.8. The molecule has 0 bridgehead atoms. The predicted molar refractivity (Wildman–Crippen MR) is 585 cm³/mol. The van der Waals surface area contributed by atoms with Crippen LogP contribution in [-0.4, -0.2) is 34.5 Å². The smallest absolute Gasteiger partial charge is 0.0994 e. The highest BCUT2D eigenvalue weighted by Gasteiger charge is 2.41. The maximum absolute atomic E-state index is 5.51. The number of rotatable bonds is 10. The molecule has 21 aromatic carbocycles. The highest BCUT2D eigenvalue weighted by atomic mass is 15.0. The predicted octanol–water partition coefficient (Wildman–Crippen LogP) is 34.5. The Morgan fingerprint density at radius 3 is 0.914 bits per heavy atom. The van der Waals surface area contributed by atoms with E-state index in [0.717, 1.165) is 139 Å². The van der Waals surface area contributed by atoms with Crippen molar-refractivity contribution in [1.82, 2.24) is 34.5 Å². The first-order valence-electron chi connectivity index (χ1n) is 48.5. The Hall–Kier alpha value is -17.5. The van der Waals surface area contributed by atoms with Gasteiger partial charge >= 0.3 is 0 Å². The Labute approximate surface area is 812 Å². The average molecular weight is 1790 g/mol. The quantitative estimate of drug-likeness (QED) is 0.127. The van der Waals surface area contributed by atoms with Gasteiger partial charge in [0, 0.05) is 71.5 Å². The summed E-state index contributed by atoms with van der Waals surface area (Å²) < 4.78 is 2.39. The van der Waals surface area contributed by atoms with Crippen molar-refractivity contribution in [3.63, 3.8) is 0 Å². The lowest BCUT2D eigenvalue weighted by Gasteiger charge is -2.22. The first-order chi connectivity index (χ1) is 68.8. The summed E-state index contributed by atoms with van der Waals surface area (Å²) in [5.74, 6) is 0. The van der Waals surface area contributed by atoms with Gasteiger partial charge in [-0.15, -0.1) is 0 Å². The molecule has 140 heavy (non-hydrogen) atoms. The third-order valence-corrected chi connectivity index (χ3v) is 29.9. The number of fused-ring (bicyclic) bond motifs is 23. The minimum absolute atomic E-state index is 0.0585. The van der Waals surface area contributed by atoms with Crippen LogP contribution in [0, 0.1) is 0 Å². The van der Waals surface area contributed by atoms with E-state index in [4.69, 9.17) is 29.9 Å². The standard InChI is InChI=1S/C51H35N3.C43H30N2.C39H28N2/c1-51(2)41-26-10-8-22-39(41)47-42(51)31-30-32-16-14-23-36(46(32)47)34-19-6-7-21-37(34)48-49(53-44-28-12-11-27-43(44)52-48)40-25-15-24-38-35-20-9-13-29-45(35)54(50(38)40)33-17-4-3-5-18-33;1-43(2)35-22-11-10-20-34(35)39-36(43)25-23-28-16-12-21-32(38(28)39)31-18-8-9-19-33(31)42-40(29-14-4-3-5-15-29)45-41-30-17-7-6-13-27(30)24-26-37(41)44-42;1-39(2)31-20-9-8-18-30(31)36-32(39)24-23-25-15-12-19-28(35(25)36)27-16-6-7-17-29(27)38-37(26-13-4-3-5-14-26)40-33-21-10-11-22-34(33)41-38/h3-31H,1-2H3;3-26H,1-2H3;3-24H,1-2H3. The minimum Gasteiger partial charge on any atom is -0.309 e. The molecule has 0 aliphatic heterocycles. The van der Waals surface area contributed by atoms with Gasteiger partial charge in [-0.1, -0.05) is 448 Å². The molecular formula is C133H93N7. The van der Waals surface area contributed by atoms with Crippen molar-refractivity contribution >= 4 is 98.0 Å². The van der Waals surface area contributed by atoms with Crippen molar-refractivity contribution in [2.45, 2.75) is 57.8 Å². The second-order valence-electron chi connectivity index (χ2n) is 38.8. The number of benzene rings is 21. The zero-order valence-electron chi connectivity index (χ0n) is 78.4. The molecule has 3 aliphatic carbocycles. The number of aromatic nitrogens is 7. The molecule has 4 heterocycles. The molecule has 0 spiro atoms. The molecule has 0 radical (unpaired) electrons. The third-order valence-electron chi connectivity index (χ3n) is 29.9. The van der Waals surface area contributed by atoms with E-state index in [1.165, 1.54) is 132 Å². The van der Waals surface area contributed by atoms with Crippen LogP contribution in [0.25, 0.3) is 238 Å². The molecule has 0 atom stereocenters. The van der Waals surface area contributed by atoms with Crippen LogP contribution in [-0.2, 0) is 16.2 Å². The molecule has 0 N–H and O–H groups in total. The fourth-order valence-electron chi connectivity index (χ4n) is 23.3. The second kappa shape index (κ2) is 32.9. The Bertz CT molecular complexity index is 9410. The van der Waals surface area contributed by atoms with Gasteiger partial charge in [0.05, 0.1) is 78.3 Å². The van der Waals surface area contributed by atoms with E-state index in [1.54, 1.807) is 0 Å². The lowest BCUT2D eigenvalue weighted by Crippen LogP contribution is -2.14. The molecule has 0 unspecified atom stereocenters. The first-order valence-corrected chi connectivity index (χ1v) is 48.5. The zero-order chi connectivity index (χ0) is 93.6. The van der Waals surface area contributed by atoms with Crippen molar-refractivity contribution < 1.29 is 0 Å². The summed E-state index contributed by atoms with van der Waals surface area (Å²) in [4.78, 5) is 32.2. The zero-order valence-corrected chi connectivity index (χ0v) is 78.4. The van der Waals surface area contributed by atoms with Gasteiger partial charge in [-0.05, 0) is 186 Å². The van der Waals surface area contributed by atoms with Crippen LogP contribution < -0.4 is 0 Å². The van der Waals surface area contributed by atoms with E-state index in [2.05, 4.69) is 459 Å². The van der Waals surface area contributed by atoms with Crippen LogP contribution in [0.4, 0.5) is 0 Å². The Morgan fingerprint density at radius 2 is 0.471 bits per heavy atom. The molecule has 7 nitrogen and oxygen atoms in total. The van der Waals surface area contributed by atoms with Crippen molar-refractivity contribution in [2.75, 3.05) is 0 Å². The monoisotopic (exact) mass is 1790 g/mol. The fraction of sp³-hybridized carbons (Fsp3) is 0.0677. The molecule has 25 aromatic rings. The van der Waals surface area contributed by atoms with Gasteiger partial charge in [-0.25, -0.2) is 29.9 Å². The Morgan fingerprint density at radius 1 is 0.179 bits per heavy atom. The first kappa shape index (κ1) is 83.1. The molecule has 0 amide bonds. The van der Waals surface area contributed by atoms with Gasteiger partial charge < -0.3 is 4.57 Å². The van der Waals surface area contributed by atoms with Crippen LogP contribution in [0.5, 0.6) is 0 Å². The van der Waals surface area contributed by atoms with E-state index in [1.807, 2.05) is 42.5 Å². The lowest BCUT2D eigenvalue weighted by molar-refractivity contribution is 0.660. The van der Waals surface area contributed by atoms with Crippen molar-refractivity contribution in [3.8, 4) is 140 Å². The topological polar surface area (TPSA) is 82.3 Å². The molecule has 660 valence electrons. The highest BCUT2D eigenvalue weighted by Crippen LogP contribution is 2.59. The van der Waals surface area contributed by atoms with Gasteiger partial charge in [0.1, 0.15) is 0 Å². The van der Waals surface area contributed by atoms with E-state index in [-0.39, 0.29) is 16.2 Å². The largest absolute Gasteiger partial charge is 0.309 e. The number of hydrogen-bond acceptors (Lipinski definition) is 6. The van der Waals surface area contributed by atoms with Crippen LogP contribution in [0.15, 0.2) is 455 Å². The van der Waals surface area contributed by atoms with Crippen LogP contribution >= 0.6 is 0 Å². The molecule has 3 aliphatic rings. The molecule has 4 aromatic heterocycles. The number of nitrogens with zero attached hydrogens (tertiary/aromatic N) is 7. The molecular weight excluding hydrogens is 1700 g/mol. The molecule has 28 rings (SSSR count). The molecule has 0 saturated carbocycles. The molecule has 0 fully saturated rings. The van der Waals surface area contributed by atoms with Crippen LogP contribution in [0.1, 0.15) is 74.9 Å². The summed E-state index contributed by atoms with van der Waals surface area (Å²) in [5, 5.41) is 12.3. The summed E-state index contributed by atoms with van der Waals surface area (Å²) in [6.07, 6.45) is 0. The van der Waals surface area contributed by atoms with E-state index >= 15 is 0 Å². The van der Waals surface area contributed by atoms with E-state index < -0.39 is 0 Å². The van der Waals surface area contributed by atoms with Crippen LogP contribution in [0.2, 0.25) is 0 Å². The summed E-state index contributed by atoms with van der Waals surface area (Å²) in [6, 6.07) is 163. The fourth-order valence-corrected chi connectivity index (χ4v) is 23.3. The van der Waals surface area contributed by atoms with Crippen molar-refractivity contribution in [3.05, 3.63) is 488 Å². The maximum Gasteiger partial charge on any atom is 0.0994 e. The lowest BCUT2D eigenvalue weighted by atomic mass is 9.81. The van der Waals surface area contributed by atoms with E-state index in [0.29, 0.717) is 0 Å². The molecule has 7 heteroatoms.